The van der Waals surface area contributed by atoms with Gasteiger partial charge in [0.05, 0.1) is 19.2 Å². The first-order valence-corrected chi connectivity index (χ1v) is 7.66. The summed E-state index contributed by atoms with van der Waals surface area (Å²) < 4.78 is 11.5. The van der Waals surface area contributed by atoms with Crippen molar-refractivity contribution in [2.45, 2.75) is 13.1 Å². The van der Waals surface area contributed by atoms with Crippen LogP contribution in [0.1, 0.15) is 11.1 Å². The van der Waals surface area contributed by atoms with Gasteiger partial charge in [0, 0.05) is 29.2 Å². The first-order chi connectivity index (χ1) is 10.1. The average molecular weight is 371 g/mol. The maximum atomic E-state index is 6.08. The van der Waals surface area contributed by atoms with Gasteiger partial charge in [0.25, 0.3) is 0 Å². The molecule has 3 nitrogen and oxygen atoms in total. The summed E-state index contributed by atoms with van der Waals surface area (Å²) in [7, 11) is 3.30. The summed E-state index contributed by atoms with van der Waals surface area (Å²) in [5.41, 5.74) is 2.22. The number of halogens is 2. The minimum absolute atomic E-state index is 0.709. The Hall–Kier alpha value is -1.23. The molecule has 21 heavy (non-hydrogen) atoms. The molecule has 2 rings (SSSR count). The van der Waals surface area contributed by atoms with Crippen LogP contribution in [0.25, 0.3) is 0 Å². The van der Waals surface area contributed by atoms with Gasteiger partial charge in [0.2, 0.25) is 0 Å². The first kappa shape index (κ1) is 16.1. The molecule has 2 aromatic carbocycles. The van der Waals surface area contributed by atoms with Crippen LogP contribution in [0.4, 0.5) is 0 Å². The van der Waals surface area contributed by atoms with Gasteiger partial charge in [0.15, 0.2) is 0 Å². The number of nitrogens with one attached hydrogen (secondary N) is 1. The largest absolute Gasteiger partial charge is 0.497 e. The molecular formula is C16H17BrClNO2. The molecule has 1 N–H and O–H groups in total. The Morgan fingerprint density at radius 3 is 2.52 bits per heavy atom. The summed E-state index contributed by atoms with van der Waals surface area (Å²) in [6.07, 6.45) is 0. The fourth-order valence-electron chi connectivity index (χ4n) is 1.99. The van der Waals surface area contributed by atoms with Crippen LogP contribution in [-0.2, 0) is 13.1 Å². The van der Waals surface area contributed by atoms with Crippen LogP contribution in [0.2, 0.25) is 5.02 Å². The van der Waals surface area contributed by atoms with Gasteiger partial charge < -0.3 is 14.8 Å². The number of ether oxygens (including phenoxy) is 2. The van der Waals surface area contributed by atoms with E-state index < -0.39 is 0 Å². The first-order valence-electron chi connectivity index (χ1n) is 6.49. The molecule has 0 heterocycles. The fourth-order valence-corrected chi connectivity index (χ4v) is 2.44. The molecule has 2 aromatic rings. The van der Waals surface area contributed by atoms with Crippen molar-refractivity contribution in [1.82, 2.24) is 5.32 Å². The lowest BCUT2D eigenvalue weighted by atomic mass is 10.1. The fraction of sp³-hybridized carbons (Fsp3) is 0.250. The van der Waals surface area contributed by atoms with Gasteiger partial charge in [-0.25, -0.2) is 0 Å². The monoisotopic (exact) mass is 369 g/mol. The van der Waals surface area contributed by atoms with Gasteiger partial charge in [0.1, 0.15) is 11.5 Å². The number of methoxy groups -OCH3 is 2. The van der Waals surface area contributed by atoms with Crippen LogP contribution in [0.15, 0.2) is 40.9 Å². The number of benzene rings is 2. The maximum absolute atomic E-state index is 6.08. The topological polar surface area (TPSA) is 30.5 Å². The number of hydrogen-bond acceptors (Lipinski definition) is 3. The number of rotatable bonds is 6. The molecule has 0 saturated carbocycles. The summed E-state index contributed by atoms with van der Waals surface area (Å²) in [6, 6.07) is 11.7. The Kier molecular flexibility index (Phi) is 5.91. The molecule has 0 aromatic heterocycles. The van der Waals surface area contributed by atoms with E-state index in [9.17, 15) is 0 Å². The third-order valence-electron chi connectivity index (χ3n) is 3.12. The summed E-state index contributed by atoms with van der Waals surface area (Å²) in [5.74, 6) is 1.60. The van der Waals surface area contributed by atoms with E-state index in [1.807, 2.05) is 36.4 Å². The Morgan fingerprint density at radius 1 is 1.05 bits per heavy atom. The van der Waals surface area contributed by atoms with E-state index in [0.717, 1.165) is 38.7 Å². The molecule has 0 atom stereocenters. The second-order valence-corrected chi connectivity index (χ2v) is 5.79. The molecule has 5 heteroatoms. The normalized spacial score (nSPS) is 10.5. The van der Waals surface area contributed by atoms with Crippen LogP contribution >= 0.6 is 27.5 Å². The zero-order valence-corrected chi connectivity index (χ0v) is 14.3. The van der Waals surface area contributed by atoms with Gasteiger partial charge >= 0.3 is 0 Å². The van der Waals surface area contributed by atoms with E-state index in [4.69, 9.17) is 21.1 Å². The minimum Gasteiger partial charge on any atom is -0.497 e. The molecule has 0 saturated heterocycles. The van der Waals surface area contributed by atoms with Crippen molar-refractivity contribution < 1.29 is 9.47 Å². The van der Waals surface area contributed by atoms with E-state index in [2.05, 4.69) is 21.2 Å². The van der Waals surface area contributed by atoms with Crippen LogP contribution in [0.5, 0.6) is 11.5 Å². The third-order valence-corrected chi connectivity index (χ3v) is 4.36. The summed E-state index contributed by atoms with van der Waals surface area (Å²) >= 11 is 9.47. The van der Waals surface area contributed by atoms with Gasteiger partial charge in [-0.05, 0) is 39.7 Å². The second kappa shape index (κ2) is 7.69. The highest BCUT2D eigenvalue weighted by atomic mass is 79.9. The van der Waals surface area contributed by atoms with Crippen LogP contribution in [0, 0.1) is 0 Å². The maximum Gasteiger partial charge on any atom is 0.127 e. The highest BCUT2D eigenvalue weighted by Gasteiger charge is 2.05. The zero-order chi connectivity index (χ0) is 15.2. The van der Waals surface area contributed by atoms with Crippen molar-refractivity contribution in [3.63, 3.8) is 0 Å². The van der Waals surface area contributed by atoms with Gasteiger partial charge in [-0.15, -0.1) is 0 Å². The molecule has 0 aliphatic carbocycles. The Bertz CT molecular complexity index is 619. The Labute approximate surface area is 138 Å². The van der Waals surface area contributed by atoms with Gasteiger partial charge in [-0.1, -0.05) is 23.7 Å². The summed E-state index contributed by atoms with van der Waals surface area (Å²) in [5, 5.41) is 4.10. The quantitative estimate of drug-likeness (QED) is 0.817. The highest BCUT2D eigenvalue weighted by molar-refractivity contribution is 9.10. The van der Waals surface area contributed by atoms with Crippen molar-refractivity contribution in [2.75, 3.05) is 14.2 Å². The van der Waals surface area contributed by atoms with Crippen LogP contribution < -0.4 is 14.8 Å². The Morgan fingerprint density at radius 2 is 1.86 bits per heavy atom. The standard InChI is InChI=1S/C16H17BrClNO2/c1-20-13-5-4-12(16(8-13)21-2)10-19-9-11-3-6-14(17)15(18)7-11/h3-8,19H,9-10H2,1-2H3. The predicted octanol–water partition coefficient (Wildman–Crippen LogP) is 4.41. The molecule has 0 fully saturated rings. The molecule has 0 unspecified atom stereocenters. The molecule has 0 bridgehead atoms. The molecule has 112 valence electrons. The van der Waals surface area contributed by atoms with Crippen molar-refractivity contribution >= 4 is 27.5 Å². The predicted molar refractivity (Wildman–Crippen MR) is 89.2 cm³/mol. The van der Waals surface area contributed by atoms with Crippen molar-refractivity contribution in [3.05, 3.63) is 57.0 Å². The van der Waals surface area contributed by atoms with Gasteiger partial charge in [-0.3, -0.25) is 0 Å². The van der Waals surface area contributed by atoms with Crippen molar-refractivity contribution in [2.24, 2.45) is 0 Å². The van der Waals surface area contributed by atoms with E-state index in [1.165, 1.54) is 0 Å². The van der Waals surface area contributed by atoms with Crippen LogP contribution in [-0.4, -0.2) is 14.2 Å². The van der Waals surface area contributed by atoms with E-state index in [0.29, 0.717) is 6.54 Å². The van der Waals surface area contributed by atoms with Gasteiger partial charge in [-0.2, -0.15) is 0 Å². The van der Waals surface area contributed by atoms with E-state index >= 15 is 0 Å². The molecule has 0 aliphatic heterocycles. The molecule has 0 amide bonds. The molecule has 0 radical (unpaired) electrons. The third kappa shape index (κ3) is 4.37. The van der Waals surface area contributed by atoms with Crippen molar-refractivity contribution in [1.29, 1.82) is 0 Å². The SMILES string of the molecule is COc1ccc(CNCc2ccc(Br)c(Cl)c2)c(OC)c1. The molecular weight excluding hydrogens is 354 g/mol. The lowest BCUT2D eigenvalue weighted by Crippen LogP contribution is -2.13. The summed E-state index contributed by atoms with van der Waals surface area (Å²) in [6.45, 7) is 1.45. The van der Waals surface area contributed by atoms with Crippen LogP contribution in [0.3, 0.4) is 0 Å². The Balaban J connectivity index is 1.98. The molecule has 0 aliphatic rings. The van der Waals surface area contributed by atoms with E-state index in [-0.39, 0.29) is 0 Å². The van der Waals surface area contributed by atoms with Crippen molar-refractivity contribution in [3.8, 4) is 11.5 Å². The average Bonchev–Trinajstić information content (AvgIpc) is 2.51. The minimum atomic E-state index is 0.709. The lowest BCUT2D eigenvalue weighted by molar-refractivity contribution is 0.390. The smallest absolute Gasteiger partial charge is 0.127 e. The highest BCUT2D eigenvalue weighted by Crippen LogP contribution is 2.25. The number of hydrogen-bond donors (Lipinski definition) is 1. The van der Waals surface area contributed by atoms with E-state index in [1.54, 1.807) is 14.2 Å². The second-order valence-electron chi connectivity index (χ2n) is 4.53. The molecule has 0 spiro atoms. The zero-order valence-electron chi connectivity index (χ0n) is 12.0. The summed E-state index contributed by atoms with van der Waals surface area (Å²) in [4.78, 5) is 0. The lowest BCUT2D eigenvalue weighted by Gasteiger charge is -2.11.